The highest BCUT2D eigenvalue weighted by Gasteiger charge is 2.33. The summed E-state index contributed by atoms with van der Waals surface area (Å²) in [7, 11) is 3.32. The monoisotopic (exact) mass is 461 g/mol. The lowest BCUT2D eigenvalue weighted by molar-refractivity contribution is -0.140. The van der Waals surface area contributed by atoms with Gasteiger partial charge in [-0.2, -0.15) is 18.3 Å². The number of nitrogens with one attached hydrogen (secondary N) is 2. The second kappa shape index (κ2) is 8.42. The molecule has 0 unspecified atom stereocenters. The van der Waals surface area contributed by atoms with Crippen LogP contribution in [0.1, 0.15) is 16.5 Å². The molecule has 2 rings (SSSR count). The molecule has 2 N–H and O–H groups in total. The Morgan fingerprint density at radius 1 is 1.35 bits per heavy atom. The second-order valence-corrected chi connectivity index (χ2v) is 5.15. The largest absolute Gasteiger partial charge is 0.434 e. The molecule has 0 saturated heterocycles. The fraction of sp³-hybridized carbons (Fsp3) is 0.455. The molecule has 0 aliphatic rings. The van der Waals surface area contributed by atoms with Gasteiger partial charge in [-0.05, 0) is 0 Å². The zero-order valence-electron chi connectivity index (χ0n) is 12.3. The maximum Gasteiger partial charge on any atom is 0.434 e. The van der Waals surface area contributed by atoms with Gasteiger partial charge in [0.05, 0.1) is 13.1 Å². The average Bonchev–Trinajstić information content (AvgIpc) is 3.08. The number of guanidine groups is 1. The third kappa shape index (κ3) is 5.60. The maximum atomic E-state index is 12.5. The Balaban J connectivity index is 0.00000264. The maximum absolute atomic E-state index is 12.5. The van der Waals surface area contributed by atoms with E-state index in [9.17, 15) is 13.2 Å². The number of nitrogens with zero attached hydrogens (tertiary/aromatic N) is 5. The van der Waals surface area contributed by atoms with Crippen LogP contribution in [-0.4, -0.2) is 32.8 Å². The summed E-state index contributed by atoms with van der Waals surface area (Å²) in [5.41, 5.74) is -0.878. The minimum absolute atomic E-state index is 0. The van der Waals surface area contributed by atoms with Crippen LogP contribution in [0.5, 0.6) is 0 Å². The molecule has 7 nitrogen and oxygen atoms in total. The standard InChI is InChI=1S/C11H14F3N7S.HI/c1-15-10(16-3-8-18-6-19-21(8)2)17-4-9-20-7(5-22-9)11(12,13)14;/h5-6H,3-4H2,1-2H3,(H2,15,16,17);1H. The molecule has 2 aromatic rings. The van der Waals surface area contributed by atoms with Crippen LogP contribution in [-0.2, 0) is 26.3 Å². The molecule has 2 aromatic heterocycles. The summed E-state index contributed by atoms with van der Waals surface area (Å²) in [5.74, 6) is 1.14. The average molecular weight is 461 g/mol. The zero-order valence-corrected chi connectivity index (χ0v) is 15.4. The fourth-order valence-electron chi connectivity index (χ4n) is 1.55. The van der Waals surface area contributed by atoms with Gasteiger partial charge in [0.1, 0.15) is 17.2 Å². The van der Waals surface area contributed by atoms with Crippen molar-refractivity contribution in [3.05, 3.63) is 28.2 Å². The molecule has 0 atom stereocenters. The van der Waals surface area contributed by atoms with Crippen LogP contribution in [0.15, 0.2) is 16.7 Å². The Kier molecular flexibility index (Phi) is 7.18. The highest BCUT2D eigenvalue weighted by molar-refractivity contribution is 14.0. The number of hydrogen-bond acceptors (Lipinski definition) is 5. The number of aryl methyl sites for hydroxylation is 1. The molecule has 128 valence electrons. The van der Waals surface area contributed by atoms with Crippen LogP contribution in [0.4, 0.5) is 13.2 Å². The van der Waals surface area contributed by atoms with Gasteiger partial charge >= 0.3 is 6.18 Å². The summed E-state index contributed by atoms with van der Waals surface area (Å²) in [6, 6.07) is 0. The first-order chi connectivity index (χ1) is 10.4. The second-order valence-electron chi connectivity index (χ2n) is 4.20. The highest BCUT2D eigenvalue weighted by Crippen LogP contribution is 2.29. The van der Waals surface area contributed by atoms with Crippen molar-refractivity contribution in [2.24, 2.45) is 12.0 Å². The van der Waals surface area contributed by atoms with E-state index in [-0.39, 0.29) is 30.5 Å². The third-order valence-electron chi connectivity index (χ3n) is 2.69. The molecule has 0 bridgehead atoms. The molecular formula is C11H15F3IN7S. The first kappa shape index (κ1) is 19.6. The van der Waals surface area contributed by atoms with E-state index in [4.69, 9.17) is 0 Å². The summed E-state index contributed by atoms with van der Waals surface area (Å²) in [6.07, 6.45) is -2.98. The zero-order chi connectivity index (χ0) is 16.2. The van der Waals surface area contributed by atoms with Crippen LogP contribution >= 0.6 is 35.3 Å². The Morgan fingerprint density at radius 2 is 2.04 bits per heavy atom. The number of halogens is 4. The lowest BCUT2D eigenvalue weighted by atomic mass is 10.5. The number of hydrogen-bond donors (Lipinski definition) is 2. The summed E-state index contributed by atoms with van der Waals surface area (Å²) in [4.78, 5) is 11.6. The van der Waals surface area contributed by atoms with Crippen molar-refractivity contribution in [1.82, 2.24) is 30.4 Å². The number of alkyl halides is 3. The Bertz CT molecular complexity index is 652. The van der Waals surface area contributed by atoms with Crippen LogP contribution in [0.25, 0.3) is 0 Å². The van der Waals surface area contributed by atoms with E-state index in [0.717, 1.165) is 16.7 Å². The topological polar surface area (TPSA) is 80.0 Å². The quantitative estimate of drug-likeness (QED) is 0.413. The fourth-order valence-corrected chi connectivity index (χ4v) is 2.29. The molecule has 0 aromatic carbocycles. The minimum Gasteiger partial charge on any atom is -0.350 e. The lowest BCUT2D eigenvalue weighted by Crippen LogP contribution is -2.36. The smallest absolute Gasteiger partial charge is 0.350 e. The predicted octanol–water partition coefficient (Wildman–Crippen LogP) is 1.77. The summed E-state index contributed by atoms with van der Waals surface area (Å²) >= 11 is 0.944. The summed E-state index contributed by atoms with van der Waals surface area (Å²) in [6.45, 7) is 0.543. The van der Waals surface area contributed by atoms with Crippen molar-refractivity contribution >= 4 is 41.3 Å². The number of thiazole rings is 1. The van der Waals surface area contributed by atoms with E-state index in [1.807, 2.05) is 0 Å². The first-order valence-corrected chi connectivity index (χ1v) is 7.07. The van der Waals surface area contributed by atoms with Crippen LogP contribution in [0.2, 0.25) is 0 Å². The van der Waals surface area contributed by atoms with Crippen molar-refractivity contribution in [3.8, 4) is 0 Å². The number of rotatable bonds is 4. The van der Waals surface area contributed by atoms with Crippen molar-refractivity contribution in [1.29, 1.82) is 0 Å². The molecule has 0 aliphatic carbocycles. The van der Waals surface area contributed by atoms with Crippen molar-refractivity contribution in [2.75, 3.05) is 7.05 Å². The molecule has 0 radical (unpaired) electrons. The van der Waals surface area contributed by atoms with Crippen LogP contribution in [0.3, 0.4) is 0 Å². The van der Waals surface area contributed by atoms with Gasteiger partial charge < -0.3 is 10.6 Å². The first-order valence-electron chi connectivity index (χ1n) is 6.19. The molecule has 0 fully saturated rings. The van der Waals surface area contributed by atoms with E-state index in [1.165, 1.54) is 6.33 Å². The summed E-state index contributed by atoms with van der Waals surface area (Å²) in [5, 5.41) is 11.1. The van der Waals surface area contributed by atoms with Crippen LogP contribution < -0.4 is 10.6 Å². The van der Waals surface area contributed by atoms with Gasteiger partial charge in [-0.1, -0.05) is 0 Å². The van der Waals surface area contributed by atoms with Crippen LogP contribution in [0, 0.1) is 0 Å². The lowest BCUT2D eigenvalue weighted by Gasteiger charge is -2.10. The Labute approximate surface area is 151 Å². The third-order valence-corrected chi connectivity index (χ3v) is 3.54. The molecule has 0 saturated carbocycles. The van der Waals surface area contributed by atoms with E-state index in [1.54, 1.807) is 18.8 Å². The normalized spacial score (nSPS) is 12.0. The predicted molar refractivity (Wildman–Crippen MR) is 90.6 cm³/mol. The van der Waals surface area contributed by atoms with Gasteiger partial charge in [0.15, 0.2) is 11.7 Å². The number of aromatic nitrogens is 4. The molecular weight excluding hydrogens is 446 g/mol. The molecule has 0 aliphatic heterocycles. The van der Waals surface area contributed by atoms with Gasteiger partial charge in [0.2, 0.25) is 0 Å². The molecule has 2 heterocycles. The van der Waals surface area contributed by atoms with E-state index >= 15 is 0 Å². The van der Waals surface area contributed by atoms with Crippen molar-refractivity contribution in [2.45, 2.75) is 19.3 Å². The molecule has 0 spiro atoms. The molecule has 0 amide bonds. The van der Waals surface area contributed by atoms with Crippen molar-refractivity contribution in [3.63, 3.8) is 0 Å². The minimum atomic E-state index is -4.42. The van der Waals surface area contributed by atoms with Crippen molar-refractivity contribution < 1.29 is 13.2 Å². The van der Waals surface area contributed by atoms with Gasteiger partial charge in [-0.15, -0.1) is 35.3 Å². The van der Waals surface area contributed by atoms with Gasteiger partial charge in [-0.3, -0.25) is 9.67 Å². The SMILES string of the molecule is CN=C(NCc1nc(C(F)(F)F)cs1)NCc1ncnn1C.I. The molecule has 23 heavy (non-hydrogen) atoms. The highest BCUT2D eigenvalue weighted by atomic mass is 127. The Morgan fingerprint density at radius 3 is 2.57 bits per heavy atom. The molecule has 12 heteroatoms. The van der Waals surface area contributed by atoms with Gasteiger partial charge in [0, 0.05) is 19.5 Å². The number of aliphatic imine (C=N–C) groups is 1. The Hall–Kier alpha value is -1.44. The summed E-state index contributed by atoms with van der Waals surface area (Å²) < 4.78 is 39.0. The van der Waals surface area contributed by atoms with Gasteiger partial charge in [0.25, 0.3) is 0 Å². The van der Waals surface area contributed by atoms with Gasteiger partial charge in [-0.25, -0.2) is 9.97 Å². The van der Waals surface area contributed by atoms with E-state index < -0.39 is 11.9 Å². The van der Waals surface area contributed by atoms with E-state index in [2.05, 4.69) is 30.7 Å². The van der Waals surface area contributed by atoms with E-state index in [0.29, 0.717) is 23.3 Å².